The average molecular weight is 495 g/mol. The van der Waals surface area contributed by atoms with Gasteiger partial charge in [-0.15, -0.1) is 0 Å². The standard InChI is InChI=1S/C25H36F2N4O4/c1-15-12-29(24(34)35-23-8-6-19(26)10-20(23)27)22-9-17(5-7-21(22)31(15)16(2)33)18-11-28-30(13-18)25(3,4)14-32/h6,8,10,15,17-18,21-22,28,32H,5,7,9,11-14H2,1-4H3/t15-,17?,18?,21?,22?/m0/s1. The first-order valence-electron chi connectivity index (χ1n) is 12.4. The number of halogens is 2. The maximum Gasteiger partial charge on any atom is 0.415 e. The number of piperazine rings is 1. The van der Waals surface area contributed by atoms with Gasteiger partial charge in [0, 0.05) is 38.7 Å². The third kappa shape index (κ3) is 5.15. The third-order valence-electron chi connectivity index (χ3n) is 7.95. The van der Waals surface area contributed by atoms with Crippen LogP contribution in [-0.4, -0.2) is 81.8 Å². The Morgan fingerprint density at radius 1 is 1.17 bits per heavy atom. The van der Waals surface area contributed by atoms with Crippen LogP contribution in [0.4, 0.5) is 13.6 Å². The lowest BCUT2D eigenvalue weighted by atomic mass is 9.73. The van der Waals surface area contributed by atoms with Crippen LogP contribution in [0.1, 0.15) is 47.0 Å². The van der Waals surface area contributed by atoms with E-state index in [1.807, 2.05) is 25.7 Å². The number of carbonyl (C=O) groups excluding carboxylic acids is 2. The van der Waals surface area contributed by atoms with E-state index in [0.29, 0.717) is 24.3 Å². The Balaban J connectivity index is 1.53. The zero-order chi connectivity index (χ0) is 25.5. The summed E-state index contributed by atoms with van der Waals surface area (Å²) in [6, 6.07) is 2.24. The summed E-state index contributed by atoms with van der Waals surface area (Å²) in [6.07, 6.45) is 1.69. The normalized spacial score (nSPS) is 29.7. The van der Waals surface area contributed by atoms with E-state index in [4.69, 9.17) is 4.74 Å². The van der Waals surface area contributed by atoms with Crippen LogP contribution in [0.5, 0.6) is 5.75 Å². The number of fused-ring (bicyclic) bond motifs is 1. The number of benzene rings is 1. The fourth-order valence-corrected chi connectivity index (χ4v) is 6.00. The van der Waals surface area contributed by atoms with Crippen LogP contribution in [0.2, 0.25) is 0 Å². The van der Waals surface area contributed by atoms with E-state index < -0.39 is 17.7 Å². The van der Waals surface area contributed by atoms with Crippen LogP contribution < -0.4 is 10.2 Å². The first kappa shape index (κ1) is 25.8. The molecule has 0 aromatic heterocycles. The van der Waals surface area contributed by atoms with E-state index in [-0.39, 0.29) is 48.5 Å². The van der Waals surface area contributed by atoms with E-state index in [1.165, 1.54) is 0 Å². The predicted octanol–water partition coefficient (Wildman–Crippen LogP) is 2.76. The highest BCUT2D eigenvalue weighted by Gasteiger charge is 2.49. The summed E-state index contributed by atoms with van der Waals surface area (Å²) in [5, 5.41) is 11.8. The second-order valence-electron chi connectivity index (χ2n) is 10.8. The maximum atomic E-state index is 14.2. The van der Waals surface area contributed by atoms with Crippen molar-refractivity contribution in [3.63, 3.8) is 0 Å². The van der Waals surface area contributed by atoms with Gasteiger partial charge in [-0.3, -0.25) is 10.2 Å². The van der Waals surface area contributed by atoms with E-state index in [2.05, 4.69) is 10.4 Å². The van der Waals surface area contributed by atoms with Crippen molar-refractivity contribution in [1.29, 1.82) is 0 Å². The van der Waals surface area contributed by atoms with Crippen LogP contribution >= 0.6 is 0 Å². The first-order valence-corrected chi connectivity index (χ1v) is 12.4. The van der Waals surface area contributed by atoms with Crippen molar-refractivity contribution in [1.82, 2.24) is 20.2 Å². The van der Waals surface area contributed by atoms with E-state index in [9.17, 15) is 23.5 Å². The molecule has 1 aromatic carbocycles. The number of carbonyl (C=O) groups is 2. The molecule has 35 heavy (non-hydrogen) atoms. The smallest absolute Gasteiger partial charge is 0.407 e. The van der Waals surface area contributed by atoms with Gasteiger partial charge in [-0.05, 0) is 64.0 Å². The summed E-state index contributed by atoms with van der Waals surface area (Å²) in [7, 11) is 0. The van der Waals surface area contributed by atoms with Crippen LogP contribution in [-0.2, 0) is 4.79 Å². The number of nitrogens with zero attached hydrogens (tertiary/aromatic N) is 3. The Bertz CT molecular complexity index is 961. The fraction of sp³-hybridized carbons (Fsp3) is 0.680. The molecule has 2 heterocycles. The van der Waals surface area contributed by atoms with Crippen LogP contribution in [0.25, 0.3) is 0 Å². The number of hydrogen-bond donors (Lipinski definition) is 2. The van der Waals surface area contributed by atoms with E-state index in [1.54, 1.807) is 11.8 Å². The molecule has 2 aliphatic heterocycles. The van der Waals surface area contributed by atoms with Crippen LogP contribution in [0.15, 0.2) is 18.2 Å². The number of hydrogen-bond acceptors (Lipinski definition) is 6. The molecule has 1 aliphatic carbocycles. The minimum atomic E-state index is -0.935. The maximum absolute atomic E-state index is 14.2. The molecule has 3 aliphatic rings. The Hall–Kier alpha value is -2.30. The zero-order valence-electron chi connectivity index (χ0n) is 20.8. The molecule has 5 atom stereocenters. The summed E-state index contributed by atoms with van der Waals surface area (Å²) in [5.41, 5.74) is 3.03. The monoisotopic (exact) mass is 494 g/mol. The summed E-state index contributed by atoms with van der Waals surface area (Å²) in [5.74, 6) is -1.38. The van der Waals surface area contributed by atoms with E-state index >= 15 is 0 Å². The molecule has 3 fully saturated rings. The van der Waals surface area contributed by atoms with E-state index in [0.717, 1.165) is 38.1 Å². The first-order chi connectivity index (χ1) is 16.5. The summed E-state index contributed by atoms with van der Waals surface area (Å²) in [6.45, 7) is 9.30. The van der Waals surface area contributed by atoms with Gasteiger partial charge < -0.3 is 19.6 Å². The predicted molar refractivity (Wildman–Crippen MR) is 125 cm³/mol. The largest absolute Gasteiger partial charge is 0.415 e. The van der Waals surface area contributed by atoms with Gasteiger partial charge in [0.1, 0.15) is 5.82 Å². The van der Waals surface area contributed by atoms with Gasteiger partial charge >= 0.3 is 6.09 Å². The number of aliphatic hydroxyl groups excluding tert-OH is 1. The molecule has 10 heteroatoms. The Morgan fingerprint density at radius 3 is 2.57 bits per heavy atom. The van der Waals surface area contributed by atoms with Gasteiger partial charge in [-0.1, -0.05) is 0 Å². The van der Waals surface area contributed by atoms with Gasteiger partial charge in [0.05, 0.1) is 24.2 Å². The molecule has 1 saturated carbocycles. The minimum absolute atomic E-state index is 0.0260. The second-order valence-corrected chi connectivity index (χ2v) is 10.8. The number of hydrazine groups is 1. The molecular weight excluding hydrogens is 458 g/mol. The zero-order valence-corrected chi connectivity index (χ0v) is 20.8. The van der Waals surface area contributed by atoms with Crippen molar-refractivity contribution in [2.24, 2.45) is 11.8 Å². The van der Waals surface area contributed by atoms with Gasteiger partial charge in [0.25, 0.3) is 0 Å². The lowest BCUT2D eigenvalue weighted by molar-refractivity contribution is -0.142. The van der Waals surface area contributed by atoms with Crippen molar-refractivity contribution in [3.05, 3.63) is 29.8 Å². The number of amides is 2. The van der Waals surface area contributed by atoms with Crippen LogP contribution in [0, 0.1) is 23.5 Å². The van der Waals surface area contributed by atoms with Gasteiger partial charge in [-0.2, -0.15) is 0 Å². The third-order valence-corrected chi connectivity index (χ3v) is 7.95. The molecule has 1 aromatic rings. The minimum Gasteiger partial charge on any atom is -0.407 e. The fourth-order valence-electron chi connectivity index (χ4n) is 6.00. The molecule has 4 unspecified atom stereocenters. The van der Waals surface area contributed by atoms with Gasteiger partial charge in [0.2, 0.25) is 5.91 Å². The van der Waals surface area contributed by atoms with Crippen molar-refractivity contribution in [3.8, 4) is 5.75 Å². The van der Waals surface area contributed by atoms with Crippen molar-refractivity contribution in [2.75, 3.05) is 26.2 Å². The molecular formula is C25H36F2N4O4. The topological polar surface area (TPSA) is 85.4 Å². The highest BCUT2D eigenvalue weighted by molar-refractivity contribution is 5.76. The van der Waals surface area contributed by atoms with Crippen LogP contribution in [0.3, 0.4) is 0 Å². The number of ether oxygens (including phenoxy) is 1. The quantitative estimate of drug-likeness (QED) is 0.670. The Morgan fingerprint density at radius 2 is 1.91 bits per heavy atom. The lowest BCUT2D eigenvalue weighted by Gasteiger charge is -2.54. The van der Waals surface area contributed by atoms with Crippen molar-refractivity contribution < 1.29 is 28.2 Å². The molecule has 2 saturated heterocycles. The summed E-state index contributed by atoms with van der Waals surface area (Å²) in [4.78, 5) is 29.2. The SMILES string of the molecule is CC(=O)N1C2CCC(C3CNN(C(C)(C)CO)C3)CC2N(C(=O)Oc2ccc(F)cc2F)C[C@@H]1C. The van der Waals surface area contributed by atoms with Crippen molar-refractivity contribution in [2.45, 2.75) is 70.6 Å². The molecule has 0 spiro atoms. The molecule has 0 bridgehead atoms. The highest BCUT2D eigenvalue weighted by atomic mass is 19.1. The Kier molecular flexibility index (Phi) is 7.36. The molecule has 0 radical (unpaired) electrons. The Labute approximate surface area is 205 Å². The number of nitrogens with one attached hydrogen (secondary N) is 1. The summed E-state index contributed by atoms with van der Waals surface area (Å²) < 4.78 is 32.8. The summed E-state index contributed by atoms with van der Waals surface area (Å²) >= 11 is 0. The lowest BCUT2D eigenvalue weighted by Crippen LogP contribution is -2.67. The molecule has 194 valence electrons. The van der Waals surface area contributed by atoms with Crippen molar-refractivity contribution >= 4 is 12.0 Å². The molecule has 2 amide bonds. The second kappa shape index (κ2) is 9.99. The number of aliphatic hydroxyl groups is 1. The van der Waals surface area contributed by atoms with Gasteiger partial charge in [-0.25, -0.2) is 18.6 Å². The highest BCUT2D eigenvalue weighted by Crippen LogP contribution is 2.40. The molecule has 4 rings (SSSR count). The molecule has 8 nitrogen and oxygen atoms in total. The average Bonchev–Trinajstić information content (AvgIpc) is 3.31. The van der Waals surface area contributed by atoms with Gasteiger partial charge in [0.15, 0.2) is 11.6 Å². The molecule has 2 N–H and O–H groups in total. The number of rotatable bonds is 4.